The van der Waals surface area contributed by atoms with Gasteiger partial charge in [-0.05, 0) is 29.4 Å². The number of fused-ring (bicyclic) bond motifs is 6. The van der Waals surface area contributed by atoms with Crippen LogP contribution >= 0.6 is 0 Å². The minimum Gasteiger partial charge on any atom is -0.348 e. The molecule has 8 rings (SSSR count). The van der Waals surface area contributed by atoms with E-state index in [1.165, 1.54) is 43.7 Å². The van der Waals surface area contributed by atoms with Crippen molar-refractivity contribution in [1.29, 1.82) is 0 Å². The van der Waals surface area contributed by atoms with Gasteiger partial charge < -0.3 is 9.38 Å². The van der Waals surface area contributed by atoms with Crippen LogP contribution < -0.4 is 0 Å². The quantitative estimate of drug-likeness (QED) is 0.172. The van der Waals surface area contributed by atoms with E-state index in [0.29, 0.717) is 0 Å². The Bertz CT molecular complexity index is 1980. The van der Waals surface area contributed by atoms with Gasteiger partial charge >= 0.3 is 0 Å². The number of aromatic nitrogens is 3. The number of pyridine rings is 2. The van der Waals surface area contributed by atoms with Crippen LogP contribution in [0.1, 0.15) is 5.56 Å². The molecule has 4 heterocycles. The van der Waals surface area contributed by atoms with Gasteiger partial charge in [0.2, 0.25) is 0 Å². The molecule has 0 saturated carbocycles. The summed E-state index contributed by atoms with van der Waals surface area (Å²) in [5.74, 6) is 0. The average Bonchev–Trinajstić information content (AvgIpc) is 3.51. The van der Waals surface area contributed by atoms with Crippen molar-refractivity contribution in [3.05, 3.63) is 139 Å². The van der Waals surface area contributed by atoms with Crippen LogP contribution in [0.2, 0.25) is 0 Å². The molecule has 8 aromatic rings. The first kappa shape index (κ1) is 24.9. The maximum atomic E-state index is 4.51. The fraction of sp³-hybridized carbons (Fsp3) is 0.0286. The van der Waals surface area contributed by atoms with Crippen molar-refractivity contribution < 1.29 is 20.1 Å². The topological polar surface area (TPSA) is 30.2 Å². The zero-order valence-electron chi connectivity index (χ0n) is 21.2. The van der Waals surface area contributed by atoms with E-state index in [9.17, 15) is 0 Å². The van der Waals surface area contributed by atoms with Gasteiger partial charge in [-0.25, -0.2) is 0 Å². The van der Waals surface area contributed by atoms with Gasteiger partial charge in [-0.15, -0.1) is 48.0 Å². The molecule has 4 aromatic heterocycles. The molecule has 0 aliphatic heterocycles. The van der Waals surface area contributed by atoms with E-state index in [1.807, 2.05) is 66.9 Å². The van der Waals surface area contributed by atoms with Crippen LogP contribution in [0.25, 0.3) is 60.6 Å². The summed E-state index contributed by atoms with van der Waals surface area (Å²) in [7, 11) is 0. The summed E-state index contributed by atoms with van der Waals surface area (Å²) in [4.78, 5) is 8.73. The third kappa shape index (κ3) is 4.28. The number of rotatable bonds is 2. The molecule has 4 aromatic carbocycles. The van der Waals surface area contributed by atoms with Crippen LogP contribution in [-0.4, -0.2) is 14.4 Å². The standard InChI is InChI=1S/C24H15N2.C11H8N.Ir/c1-15-13-16(21-10-4-5-12-25-21)14-20-19-9-6-8-18-17-7-2-3-11-22(17)26(23(15)20)24(18)19;1-2-6-10(7-3-1)11-8-4-5-9-12-11;/h2-13H,1H3;1-6,8-9H;/q2*-1;. The maximum Gasteiger partial charge on any atom is 0.0463 e. The van der Waals surface area contributed by atoms with Crippen molar-refractivity contribution in [3.63, 3.8) is 0 Å². The molecule has 39 heavy (non-hydrogen) atoms. The van der Waals surface area contributed by atoms with E-state index < -0.39 is 0 Å². The molecule has 1 radical (unpaired) electrons. The monoisotopic (exact) mass is 678 g/mol. The zero-order valence-corrected chi connectivity index (χ0v) is 23.6. The normalized spacial score (nSPS) is 11.0. The zero-order chi connectivity index (χ0) is 25.5. The summed E-state index contributed by atoms with van der Waals surface area (Å²) in [6.45, 7) is 2.19. The predicted octanol–water partition coefficient (Wildman–Crippen LogP) is 8.55. The van der Waals surface area contributed by atoms with Crippen LogP contribution in [0.3, 0.4) is 0 Å². The number of benzene rings is 4. The molecule has 0 aliphatic carbocycles. The van der Waals surface area contributed by atoms with Crippen LogP contribution in [0.5, 0.6) is 0 Å². The summed E-state index contributed by atoms with van der Waals surface area (Å²) < 4.78 is 2.41. The van der Waals surface area contributed by atoms with E-state index in [1.54, 1.807) is 6.20 Å². The van der Waals surface area contributed by atoms with Crippen molar-refractivity contribution >= 4 is 38.1 Å². The fourth-order valence-electron chi connectivity index (χ4n) is 5.38. The number of para-hydroxylation sites is 2. The summed E-state index contributed by atoms with van der Waals surface area (Å²) in [5, 5.41) is 5.05. The number of hydrogen-bond donors (Lipinski definition) is 0. The molecule has 0 N–H and O–H groups in total. The summed E-state index contributed by atoms with van der Waals surface area (Å²) >= 11 is 0. The Labute approximate surface area is 240 Å². The molecule has 189 valence electrons. The second-order valence-corrected chi connectivity index (χ2v) is 9.35. The summed E-state index contributed by atoms with van der Waals surface area (Å²) in [6.07, 6.45) is 3.62. The first-order chi connectivity index (χ1) is 18.8. The minimum atomic E-state index is 0. The Morgan fingerprint density at radius 1 is 0.615 bits per heavy atom. The Balaban J connectivity index is 0.000000180. The van der Waals surface area contributed by atoms with Gasteiger partial charge in [0.25, 0.3) is 0 Å². The van der Waals surface area contributed by atoms with Crippen molar-refractivity contribution in [1.82, 2.24) is 14.4 Å². The summed E-state index contributed by atoms with van der Waals surface area (Å²) in [5.41, 5.74) is 9.07. The average molecular weight is 678 g/mol. The van der Waals surface area contributed by atoms with Crippen molar-refractivity contribution in [2.75, 3.05) is 0 Å². The molecule has 0 aliphatic rings. The fourth-order valence-corrected chi connectivity index (χ4v) is 5.38. The van der Waals surface area contributed by atoms with E-state index in [-0.39, 0.29) is 20.1 Å². The summed E-state index contributed by atoms with van der Waals surface area (Å²) in [6, 6.07) is 43.9. The first-order valence-electron chi connectivity index (χ1n) is 12.7. The van der Waals surface area contributed by atoms with Crippen molar-refractivity contribution in [2.45, 2.75) is 6.92 Å². The molecule has 0 atom stereocenters. The van der Waals surface area contributed by atoms with Gasteiger partial charge in [-0.3, -0.25) is 4.98 Å². The molecule has 4 heteroatoms. The molecule has 0 fully saturated rings. The number of nitrogens with zero attached hydrogens (tertiary/aromatic N) is 3. The van der Waals surface area contributed by atoms with Gasteiger partial charge in [0.1, 0.15) is 0 Å². The Hall–Kier alpha value is -4.37. The third-order valence-electron chi connectivity index (χ3n) is 7.01. The second-order valence-electron chi connectivity index (χ2n) is 9.35. The van der Waals surface area contributed by atoms with Gasteiger partial charge in [0.05, 0.1) is 0 Å². The molecule has 0 spiro atoms. The number of aryl methyl sites for hydroxylation is 1. The van der Waals surface area contributed by atoms with Crippen LogP contribution in [0, 0.1) is 19.1 Å². The maximum absolute atomic E-state index is 4.51. The predicted molar refractivity (Wildman–Crippen MR) is 156 cm³/mol. The van der Waals surface area contributed by atoms with E-state index in [4.69, 9.17) is 0 Å². The molecule has 0 unspecified atom stereocenters. The SMILES string of the molecule is Cc1cc(-c2ccccn2)[c-]c2c3cccc4c5ccccc5n(c12)c34.[Ir].[c-]1ccccc1-c1ccccn1. The van der Waals surface area contributed by atoms with E-state index >= 15 is 0 Å². The largest absolute Gasteiger partial charge is 0.348 e. The Morgan fingerprint density at radius 2 is 1.28 bits per heavy atom. The van der Waals surface area contributed by atoms with Gasteiger partial charge in [-0.2, -0.15) is 0 Å². The molecule has 0 amide bonds. The molecule has 0 saturated heterocycles. The second kappa shape index (κ2) is 10.4. The van der Waals surface area contributed by atoms with Crippen molar-refractivity contribution in [3.8, 4) is 22.5 Å². The van der Waals surface area contributed by atoms with Crippen molar-refractivity contribution in [2.24, 2.45) is 0 Å². The van der Waals surface area contributed by atoms with Crippen LogP contribution in [0.15, 0.2) is 122 Å². The Kier molecular flexibility index (Phi) is 6.66. The molecular weight excluding hydrogens is 655 g/mol. The third-order valence-corrected chi connectivity index (χ3v) is 7.01. The van der Waals surface area contributed by atoms with Crippen LogP contribution in [-0.2, 0) is 20.1 Å². The van der Waals surface area contributed by atoms with Gasteiger partial charge in [0.15, 0.2) is 0 Å². The molecule has 0 bridgehead atoms. The molecule has 3 nitrogen and oxygen atoms in total. The smallest absolute Gasteiger partial charge is 0.0463 e. The van der Waals surface area contributed by atoms with Crippen LogP contribution in [0.4, 0.5) is 0 Å². The first-order valence-corrected chi connectivity index (χ1v) is 12.7. The van der Waals surface area contributed by atoms with Gasteiger partial charge in [-0.1, -0.05) is 89.5 Å². The Morgan fingerprint density at radius 3 is 2.00 bits per heavy atom. The van der Waals surface area contributed by atoms with Gasteiger partial charge in [0, 0.05) is 60.0 Å². The number of hydrogen-bond acceptors (Lipinski definition) is 2. The van der Waals surface area contributed by atoms with E-state index in [0.717, 1.165) is 22.5 Å². The van der Waals surface area contributed by atoms with E-state index in [2.05, 4.69) is 82.0 Å². The molecular formula is C35H23IrN3-2. The minimum absolute atomic E-state index is 0.